The van der Waals surface area contributed by atoms with Gasteiger partial charge >= 0.3 is 0 Å². The van der Waals surface area contributed by atoms with Crippen molar-refractivity contribution in [3.05, 3.63) is 29.7 Å². The molecule has 0 amide bonds. The van der Waals surface area contributed by atoms with E-state index in [0.29, 0.717) is 24.0 Å². The summed E-state index contributed by atoms with van der Waals surface area (Å²) < 4.78 is 5.13. The molecular weight excluding hydrogens is 212 g/mol. The van der Waals surface area contributed by atoms with Crippen LogP contribution in [0.5, 0.6) is 0 Å². The third-order valence-electron chi connectivity index (χ3n) is 3.41. The minimum atomic E-state index is 0.321. The summed E-state index contributed by atoms with van der Waals surface area (Å²) in [5.74, 6) is 1.14. The summed E-state index contributed by atoms with van der Waals surface area (Å²) >= 11 is 0. The Bertz CT molecular complexity index is 424. The van der Waals surface area contributed by atoms with Crippen molar-refractivity contribution in [2.75, 3.05) is 0 Å². The van der Waals surface area contributed by atoms with E-state index >= 15 is 0 Å². The second-order valence-electron chi connectivity index (χ2n) is 5.37. The number of allylic oxidation sites excluding steroid dienone is 2. The van der Waals surface area contributed by atoms with E-state index in [1.54, 1.807) is 12.5 Å². The molecule has 1 atom stereocenters. The molecule has 2 nitrogen and oxygen atoms in total. The van der Waals surface area contributed by atoms with Crippen molar-refractivity contribution in [2.24, 2.45) is 11.8 Å². The highest BCUT2D eigenvalue weighted by atomic mass is 16.3. The molecule has 92 valence electrons. The Morgan fingerprint density at radius 1 is 1.53 bits per heavy atom. The molecule has 0 saturated heterocycles. The fourth-order valence-electron chi connectivity index (χ4n) is 2.60. The first-order chi connectivity index (χ1) is 8.09. The van der Waals surface area contributed by atoms with Gasteiger partial charge in [0.25, 0.3) is 0 Å². The Morgan fingerprint density at radius 3 is 2.88 bits per heavy atom. The summed E-state index contributed by atoms with van der Waals surface area (Å²) in [5.41, 5.74) is 3.33. The van der Waals surface area contributed by atoms with E-state index in [4.69, 9.17) is 4.42 Å². The number of carbonyl (C=O) groups excluding carboxylic acids is 1. The van der Waals surface area contributed by atoms with E-state index in [1.165, 1.54) is 5.57 Å². The van der Waals surface area contributed by atoms with Crippen LogP contribution in [0.15, 0.2) is 28.6 Å². The zero-order chi connectivity index (χ0) is 12.4. The average Bonchev–Trinajstić information content (AvgIpc) is 2.84. The van der Waals surface area contributed by atoms with Gasteiger partial charge in [0.05, 0.1) is 12.5 Å². The molecule has 1 aliphatic carbocycles. The molecule has 1 aliphatic rings. The van der Waals surface area contributed by atoms with Gasteiger partial charge in [-0.2, -0.15) is 0 Å². The molecule has 2 heteroatoms. The maximum Gasteiger partial charge on any atom is 0.159 e. The fraction of sp³-hybridized carbons (Fsp3) is 0.533. The molecule has 0 N–H and O–H groups in total. The van der Waals surface area contributed by atoms with Crippen molar-refractivity contribution in [3.8, 4) is 0 Å². The molecule has 0 fully saturated rings. The molecule has 17 heavy (non-hydrogen) atoms. The predicted molar refractivity (Wildman–Crippen MR) is 68.5 cm³/mol. The minimum absolute atomic E-state index is 0.321. The molecule has 0 unspecified atom stereocenters. The summed E-state index contributed by atoms with van der Waals surface area (Å²) in [6, 6.07) is 1.95. The lowest BCUT2D eigenvalue weighted by atomic mass is 9.92. The first-order valence-corrected chi connectivity index (χ1v) is 6.38. The van der Waals surface area contributed by atoms with Gasteiger partial charge in [-0.3, -0.25) is 4.79 Å². The maximum absolute atomic E-state index is 12.3. The van der Waals surface area contributed by atoms with Gasteiger partial charge in [-0.15, -0.1) is 0 Å². The Labute approximate surface area is 103 Å². The molecule has 0 radical (unpaired) electrons. The van der Waals surface area contributed by atoms with Gasteiger partial charge in [-0.05, 0) is 36.3 Å². The van der Waals surface area contributed by atoms with Gasteiger partial charge in [0.2, 0.25) is 0 Å². The van der Waals surface area contributed by atoms with Crippen LogP contribution in [0.3, 0.4) is 0 Å². The van der Waals surface area contributed by atoms with Crippen LogP contribution in [0, 0.1) is 11.8 Å². The van der Waals surface area contributed by atoms with Gasteiger partial charge in [0, 0.05) is 17.6 Å². The van der Waals surface area contributed by atoms with Crippen molar-refractivity contribution in [1.29, 1.82) is 0 Å². The summed E-state index contributed by atoms with van der Waals surface area (Å²) in [4.78, 5) is 12.3. The van der Waals surface area contributed by atoms with Crippen molar-refractivity contribution in [3.63, 3.8) is 0 Å². The number of Topliss-reactive ketones (excluding diaryl/α,β-unsaturated/α-hetero) is 1. The Kier molecular flexibility index (Phi) is 3.51. The average molecular weight is 232 g/mol. The van der Waals surface area contributed by atoms with Crippen LogP contribution < -0.4 is 0 Å². The molecule has 0 spiro atoms. The second kappa shape index (κ2) is 4.91. The van der Waals surface area contributed by atoms with E-state index < -0.39 is 0 Å². The second-order valence-corrected chi connectivity index (χ2v) is 5.37. The van der Waals surface area contributed by atoms with Crippen LogP contribution in [-0.2, 0) is 4.79 Å². The normalized spacial score (nSPS) is 20.4. The van der Waals surface area contributed by atoms with E-state index in [0.717, 1.165) is 24.0 Å². The highest BCUT2D eigenvalue weighted by Gasteiger charge is 2.28. The van der Waals surface area contributed by atoms with Crippen LogP contribution >= 0.6 is 0 Å². The number of ketones is 1. The SMILES string of the molecule is CC(C)CC(=O)C1=C(c2ccoc2)CC[C@@H]1C. The summed E-state index contributed by atoms with van der Waals surface area (Å²) in [5, 5.41) is 0. The first kappa shape index (κ1) is 12.2. The van der Waals surface area contributed by atoms with Crippen molar-refractivity contribution >= 4 is 11.4 Å². The predicted octanol–water partition coefficient (Wildman–Crippen LogP) is 4.08. The number of hydrogen-bond acceptors (Lipinski definition) is 2. The maximum atomic E-state index is 12.3. The molecule has 0 bridgehead atoms. The molecule has 1 aromatic heterocycles. The highest BCUT2D eigenvalue weighted by Crippen LogP contribution is 2.39. The van der Waals surface area contributed by atoms with E-state index in [-0.39, 0.29) is 0 Å². The van der Waals surface area contributed by atoms with E-state index in [9.17, 15) is 4.79 Å². The van der Waals surface area contributed by atoms with Gasteiger partial charge < -0.3 is 4.42 Å². The Morgan fingerprint density at radius 2 is 2.29 bits per heavy atom. The van der Waals surface area contributed by atoms with Crippen LogP contribution in [0.2, 0.25) is 0 Å². The molecule has 2 rings (SSSR count). The topological polar surface area (TPSA) is 30.2 Å². The molecule has 1 heterocycles. The number of furan rings is 1. The number of hydrogen-bond donors (Lipinski definition) is 0. The quantitative estimate of drug-likeness (QED) is 0.783. The summed E-state index contributed by atoms with van der Waals surface area (Å²) in [6.45, 7) is 6.34. The fourth-order valence-corrected chi connectivity index (χ4v) is 2.60. The highest BCUT2D eigenvalue weighted by molar-refractivity contribution is 6.04. The molecule has 0 saturated carbocycles. The van der Waals surface area contributed by atoms with E-state index in [1.807, 2.05) is 6.07 Å². The zero-order valence-corrected chi connectivity index (χ0v) is 10.8. The lowest BCUT2D eigenvalue weighted by Gasteiger charge is -2.11. The zero-order valence-electron chi connectivity index (χ0n) is 10.8. The van der Waals surface area contributed by atoms with E-state index in [2.05, 4.69) is 20.8 Å². The summed E-state index contributed by atoms with van der Waals surface area (Å²) in [6.07, 6.45) is 6.16. The standard InChI is InChI=1S/C15H20O2/c1-10(2)8-14(16)15-11(3)4-5-13(15)12-6-7-17-9-12/h6-7,9-11H,4-5,8H2,1-3H3/t11-/m0/s1. The monoisotopic (exact) mass is 232 g/mol. The lowest BCUT2D eigenvalue weighted by molar-refractivity contribution is -0.116. The van der Waals surface area contributed by atoms with Gasteiger partial charge in [-0.1, -0.05) is 20.8 Å². The number of rotatable bonds is 4. The van der Waals surface area contributed by atoms with Crippen LogP contribution in [0.4, 0.5) is 0 Å². The Balaban J connectivity index is 2.32. The van der Waals surface area contributed by atoms with Crippen molar-refractivity contribution in [1.82, 2.24) is 0 Å². The number of carbonyl (C=O) groups is 1. The molecular formula is C15H20O2. The van der Waals surface area contributed by atoms with Gasteiger partial charge in [0.1, 0.15) is 0 Å². The molecule has 1 aromatic rings. The first-order valence-electron chi connectivity index (χ1n) is 6.38. The van der Waals surface area contributed by atoms with Crippen LogP contribution in [-0.4, -0.2) is 5.78 Å². The van der Waals surface area contributed by atoms with Gasteiger partial charge in [-0.25, -0.2) is 0 Å². The minimum Gasteiger partial charge on any atom is -0.472 e. The lowest BCUT2D eigenvalue weighted by Crippen LogP contribution is -2.10. The van der Waals surface area contributed by atoms with Crippen LogP contribution in [0.1, 0.15) is 45.6 Å². The third-order valence-corrected chi connectivity index (χ3v) is 3.41. The molecule has 0 aromatic carbocycles. The molecule has 0 aliphatic heterocycles. The third kappa shape index (κ3) is 2.51. The van der Waals surface area contributed by atoms with Crippen LogP contribution in [0.25, 0.3) is 5.57 Å². The summed E-state index contributed by atoms with van der Waals surface area (Å²) in [7, 11) is 0. The van der Waals surface area contributed by atoms with Crippen molar-refractivity contribution in [2.45, 2.75) is 40.0 Å². The Hall–Kier alpha value is -1.31. The van der Waals surface area contributed by atoms with Crippen molar-refractivity contribution < 1.29 is 9.21 Å². The largest absolute Gasteiger partial charge is 0.472 e. The van der Waals surface area contributed by atoms with Gasteiger partial charge in [0.15, 0.2) is 5.78 Å². The smallest absolute Gasteiger partial charge is 0.159 e.